The number of halogens is 4. The largest absolute Gasteiger partial charge is 0.486 e. The number of para-hydroxylation sites is 1. The summed E-state index contributed by atoms with van der Waals surface area (Å²) in [5, 5.41) is 4.41. The Morgan fingerprint density at radius 3 is 2.54 bits per heavy atom. The summed E-state index contributed by atoms with van der Waals surface area (Å²) in [4.78, 5) is 7.61. The Kier molecular flexibility index (Phi) is 18.4. The molecule has 0 bridgehead atoms. The van der Waals surface area contributed by atoms with Crippen molar-refractivity contribution in [3.63, 3.8) is 0 Å². The normalized spacial score (nSPS) is 15.8. The SMILES string of the molecule is Cc1cccc2c1nc(COc1ccc(Cl)cc1)n2CCC(C)CNCCCN1CCCCC1C.Cl.Cl.Cl.O. The number of nitrogens with zero attached hydrogens (tertiary/aromatic N) is 3. The van der Waals surface area contributed by atoms with Crippen molar-refractivity contribution in [2.45, 2.75) is 72.1 Å². The number of ether oxygens (including phenoxy) is 1. The number of aromatic nitrogens is 2. The first-order valence-electron chi connectivity index (χ1n) is 13.3. The van der Waals surface area contributed by atoms with Crippen LogP contribution in [0.2, 0.25) is 5.02 Å². The van der Waals surface area contributed by atoms with Gasteiger partial charge in [-0.05, 0) is 108 Å². The van der Waals surface area contributed by atoms with Crippen molar-refractivity contribution >= 4 is 59.9 Å². The Labute approximate surface area is 257 Å². The van der Waals surface area contributed by atoms with Gasteiger partial charge >= 0.3 is 0 Å². The van der Waals surface area contributed by atoms with Gasteiger partial charge in [-0.3, -0.25) is 0 Å². The van der Waals surface area contributed by atoms with E-state index in [-0.39, 0.29) is 42.7 Å². The lowest BCUT2D eigenvalue weighted by atomic mass is 10.0. The summed E-state index contributed by atoms with van der Waals surface area (Å²) in [6.07, 6.45) is 6.45. The maximum absolute atomic E-state index is 6.05. The first-order valence-corrected chi connectivity index (χ1v) is 13.7. The van der Waals surface area contributed by atoms with Gasteiger partial charge in [0.2, 0.25) is 0 Å². The first-order chi connectivity index (χ1) is 17.0. The van der Waals surface area contributed by atoms with E-state index >= 15 is 0 Å². The van der Waals surface area contributed by atoms with E-state index in [1.807, 2.05) is 24.3 Å². The number of piperidine rings is 1. The lowest BCUT2D eigenvalue weighted by Gasteiger charge is -2.33. The minimum absolute atomic E-state index is 0. The zero-order chi connectivity index (χ0) is 24.6. The Bertz CT molecular complexity index is 1080. The second-order valence-corrected chi connectivity index (χ2v) is 10.6. The lowest BCUT2D eigenvalue weighted by Crippen LogP contribution is -2.39. The van der Waals surface area contributed by atoms with Crippen LogP contribution in [0.4, 0.5) is 0 Å². The highest BCUT2D eigenvalue weighted by Gasteiger charge is 2.17. The number of benzene rings is 2. The smallest absolute Gasteiger partial charge is 0.148 e. The average molecular weight is 625 g/mol. The Morgan fingerprint density at radius 1 is 1.08 bits per heavy atom. The van der Waals surface area contributed by atoms with E-state index in [1.54, 1.807) is 0 Å². The van der Waals surface area contributed by atoms with Gasteiger partial charge in [-0.25, -0.2) is 4.98 Å². The predicted molar refractivity (Wildman–Crippen MR) is 172 cm³/mol. The third kappa shape index (κ3) is 10.9. The highest BCUT2D eigenvalue weighted by Crippen LogP contribution is 2.23. The lowest BCUT2D eigenvalue weighted by molar-refractivity contribution is 0.158. The van der Waals surface area contributed by atoms with Gasteiger partial charge in [-0.1, -0.05) is 37.1 Å². The third-order valence-electron chi connectivity index (χ3n) is 7.32. The molecule has 3 aromatic rings. The molecule has 0 amide bonds. The van der Waals surface area contributed by atoms with Crippen molar-refractivity contribution in [3.8, 4) is 5.75 Å². The van der Waals surface area contributed by atoms with E-state index in [1.165, 1.54) is 49.9 Å². The fourth-order valence-electron chi connectivity index (χ4n) is 5.07. The van der Waals surface area contributed by atoms with Crippen molar-refractivity contribution in [1.29, 1.82) is 0 Å². The van der Waals surface area contributed by atoms with Gasteiger partial charge in [0.05, 0.1) is 11.0 Å². The zero-order valence-corrected chi connectivity index (χ0v) is 26.5. The topological polar surface area (TPSA) is 73.8 Å². The van der Waals surface area contributed by atoms with Crippen LogP contribution < -0.4 is 10.1 Å². The second kappa shape index (κ2) is 19.0. The standard InChI is InChI=1S/C29H41ClN4O.3ClH.H2O/c1-22(20-31-16-7-18-33-17-5-4-9-24(33)3)15-19-34-27-10-6-8-23(2)29(27)32-28(34)21-35-26-13-11-25(30)12-14-26;;;;/h6,8,10-14,22,24,31H,4-5,7,9,15-21H2,1-3H3;3*1H;1H2. The fraction of sp³-hybridized carbons (Fsp3) is 0.552. The van der Waals surface area contributed by atoms with Crippen molar-refractivity contribution in [1.82, 2.24) is 19.8 Å². The molecule has 0 radical (unpaired) electrons. The first kappa shape index (κ1) is 37.8. The molecule has 0 aliphatic carbocycles. The maximum atomic E-state index is 6.05. The van der Waals surface area contributed by atoms with Crippen LogP contribution in [0.1, 0.15) is 57.3 Å². The molecule has 0 saturated carbocycles. The Hall–Kier alpha value is -1.25. The van der Waals surface area contributed by atoms with Crippen LogP contribution in [0, 0.1) is 12.8 Å². The van der Waals surface area contributed by atoms with Crippen LogP contribution in [-0.2, 0) is 13.2 Å². The van der Waals surface area contributed by atoms with Gasteiger partial charge in [-0.2, -0.15) is 0 Å². The van der Waals surface area contributed by atoms with E-state index in [4.69, 9.17) is 21.3 Å². The fourth-order valence-corrected chi connectivity index (χ4v) is 5.20. The summed E-state index contributed by atoms with van der Waals surface area (Å²) >= 11 is 6.01. The minimum Gasteiger partial charge on any atom is -0.486 e. The number of imidazole rings is 1. The number of aryl methyl sites for hydroxylation is 2. The summed E-state index contributed by atoms with van der Waals surface area (Å²) in [7, 11) is 0. The Morgan fingerprint density at radius 2 is 1.82 bits per heavy atom. The molecule has 2 aromatic carbocycles. The Balaban J connectivity index is 0.00000361. The third-order valence-corrected chi connectivity index (χ3v) is 7.57. The molecule has 1 aromatic heterocycles. The van der Waals surface area contributed by atoms with Crippen LogP contribution >= 0.6 is 48.8 Å². The summed E-state index contributed by atoms with van der Waals surface area (Å²) < 4.78 is 8.39. The monoisotopic (exact) mass is 622 g/mol. The van der Waals surface area contributed by atoms with E-state index < -0.39 is 0 Å². The maximum Gasteiger partial charge on any atom is 0.148 e. The van der Waals surface area contributed by atoms with E-state index in [2.05, 4.69) is 53.8 Å². The van der Waals surface area contributed by atoms with E-state index in [0.29, 0.717) is 17.5 Å². The molecular weight excluding hydrogens is 578 g/mol. The molecule has 222 valence electrons. The quantitative estimate of drug-likeness (QED) is 0.223. The highest BCUT2D eigenvalue weighted by molar-refractivity contribution is 6.30. The van der Waals surface area contributed by atoms with Gasteiger partial charge in [-0.15, -0.1) is 37.2 Å². The summed E-state index contributed by atoms with van der Waals surface area (Å²) in [6.45, 7) is 12.9. The van der Waals surface area contributed by atoms with Crippen molar-refractivity contribution in [3.05, 3.63) is 58.9 Å². The van der Waals surface area contributed by atoms with Crippen LogP contribution in [0.15, 0.2) is 42.5 Å². The number of nitrogens with one attached hydrogen (secondary N) is 1. The molecular formula is C29H46Cl4N4O2. The molecule has 1 fully saturated rings. The molecule has 10 heteroatoms. The summed E-state index contributed by atoms with van der Waals surface area (Å²) in [6, 6.07) is 14.7. The molecule has 1 aliphatic rings. The molecule has 1 aliphatic heterocycles. The second-order valence-electron chi connectivity index (χ2n) is 10.2. The van der Waals surface area contributed by atoms with Crippen LogP contribution in [0.25, 0.3) is 11.0 Å². The van der Waals surface area contributed by atoms with Gasteiger partial charge in [0, 0.05) is 17.6 Å². The van der Waals surface area contributed by atoms with Crippen molar-refractivity contribution in [2.75, 3.05) is 26.2 Å². The number of rotatable bonds is 12. The highest BCUT2D eigenvalue weighted by atomic mass is 35.5. The molecule has 39 heavy (non-hydrogen) atoms. The number of hydrogen-bond donors (Lipinski definition) is 1. The van der Waals surface area contributed by atoms with Gasteiger partial charge in [0.15, 0.2) is 0 Å². The predicted octanol–water partition coefficient (Wildman–Crippen LogP) is 6.90. The number of fused-ring (bicyclic) bond motifs is 1. The van der Waals surface area contributed by atoms with Crippen molar-refractivity contribution in [2.24, 2.45) is 5.92 Å². The zero-order valence-electron chi connectivity index (χ0n) is 23.3. The molecule has 2 unspecified atom stereocenters. The molecule has 6 nitrogen and oxygen atoms in total. The number of hydrogen-bond acceptors (Lipinski definition) is 4. The van der Waals surface area contributed by atoms with Gasteiger partial charge in [0.25, 0.3) is 0 Å². The molecule has 2 atom stereocenters. The van der Waals surface area contributed by atoms with Gasteiger partial charge < -0.3 is 25.0 Å². The van der Waals surface area contributed by atoms with E-state index in [0.717, 1.165) is 49.2 Å². The molecule has 3 N–H and O–H groups in total. The summed E-state index contributed by atoms with van der Waals surface area (Å²) in [5.41, 5.74) is 3.46. The molecule has 1 saturated heterocycles. The van der Waals surface area contributed by atoms with Crippen LogP contribution in [-0.4, -0.2) is 52.1 Å². The molecule has 2 heterocycles. The average Bonchev–Trinajstić information content (AvgIpc) is 3.22. The van der Waals surface area contributed by atoms with Crippen LogP contribution in [0.5, 0.6) is 5.75 Å². The molecule has 4 rings (SSSR count). The number of likely N-dealkylation sites (tertiary alicyclic amines) is 1. The van der Waals surface area contributed by atoms with E-state index in [9.17, 15) is 0 Å². The van der Waals surface area contributed by atoms with Crippen molar-refractivity contribution < 1.29 is 10.2 Å². The van der Waals surface area contributed by atoms with Crippen LogP contribution in [0.3, 0.4) is 0 Å². The van der Waals surface area contributed by atoms with Gasteiger partial charge in [0.1, 0.15) is 18.2 Å². The molecule has 0 spiro atoms. The minimum atomic E-state index is 0. The summed E-state index contributed by atoms with van der Waals surface area (Å²) in [5.74, 6) is 2.37.